The van der Waals surface area contributed by atoms with Crippen LogP contribution in [0.5, 0.6) is 0 Å². The second-order valence-electron chi connectivity index (χ2n) is 3.07. The highest BCUT2D eigenvalue weighted by Crippen LogP contribution is 2.06. The zero-order valence-corrected chi connectivity index (χ0v) is 7.65. The van der Waals surface area contributed by atoms with E-state index >= 15 is 0 Å². The summed E-state index contributed by atoms with van der Waals surface area (Å²) in [6.07, 6.45) is -0.566. The van der Waals surface area contributed by atoms with E-state index < -0.39 is 12.1 Å². The highest BCUT2D eigenvalue weighted by Gasteiger charge is 2.12. The molecule has 0 aliphatic heterocycles. The molecule has 0 fully saturated rings. The number of aliphatic hydroxyl groups is 1. The number of pyridine rings is 1. The van der Waals surface area contributed by atoms with Crippen LogP contribution in [0.2, 0.25) is 0 Å². The minimum absolute atomic E-state index is 0.0190. The lowest BCUT2D eigenvalue weighted by molar-refractivity contribution is 0.0694. The van der Waals surface area contributed by atoms with Crippen molar-refractivity contribution in [3.63, 3.8) is 0 Å². The van der Waals surface area contributed by atoms with E-state index in [2.05, 4.69) is 4.98 Å². The van der Waals surface area contributed by atoms with Crippen molar-refractivity contribution < 1.29 is 15.0 Å². The number of H-pyrrole nitrogens is 1. The van der Waals surface area contributed by atoms with Gasteiger partial charge in [-0.2, -0.15) is 0 Å². The second kappa shape index (κ2) is 4.06. The Morgan fingerprint density at radius 1 is 1.57 bits per heavy atom. The van der Waals surface area contributed by atoms with Gasteiger partial charge in [-0.25, -0.2) is 4.79 Å². The summed E-state index contributed by atoms with van der Waals surface area (Å²) in [5.74, 6) is -1.11. The molecule has 0 aliphatic carbocycles. The van der Waals surface area contributed by atoms with Gasteiger partial charge in [-0.3, -0.25) is 4.79 Å². The molecule has 1 heterocycles. The van der Waals surface area contributed by atoms with Crippen LogP contribution in [-0.2, 0) is 6.42 Å². The minimum Gasteiger partial charge on any atom is -0.478 e. The van der Waals surface area contributed by atoms with Crippen molar-refractivity contribution in [1.82, 2.24) is 4.98 Å². The number of nitrogens with one attached hydrogen (secondary N) is 1. The highest BCUT2D eigenvalue weighted by atomic mass is 16.4. The predicted molar refractivity (Wildman–Crippen MR) is 49.4 cm³/mol. The van der Waals surface area contributed by atoms with Gasteiger partial charge < -0.3 is 15.2 Å². The lowest BCUT2D eigenvalue weighted by Gasteiger charge is -2.06. The van der Waals surface area contributed by atoms with Crippen LogP contribution in [0, 0.1) is 0 Å². The van der Waals surface area contributed by atoms with Crippen molar-refractivity contribution in [3.05, 3.63) is 33.7 Å². The Morgan fingerprint density at radius 3 is 2.71 bits per heavy atom. The molecule has 1 rings (SSSR count). The van der Waals surface area contributed by atoms with E-state index in [0.29, 0.717) is 0 Å². The molecule has 0 aliphatic rings. The van der Waals surface area contributed by atoms with Gasteiger partial charge in [0.1, 0.15) is 0 Å². The van der Waals surface area contributed by atoms with E-state index in [1.54, 1.807) is 0 Å². The van der Waals surface area contributed by atoms with Crippen LogP contribution in [0.25, 0.3) is 0 Å². The molecule has 76 valence electrons. The Kier molecular flexibility index (Phi) is 3.03. The summed E-state index contributed by atoms with van der Waals surface area (Å²) in [4.78, 5) is 24.0. The largest absolute Gasteiger partial charge is 0.478 e. The van der Waals surface area contributed by atoms with Crippen molar-refractivity contribution >= 4 is 5.97 Å². The summed E-state index contributed by atoms with van der Waals surface area (Å²) in [7, 11) is 0. The van der Waals surface area contributed by atoms with Gasteiger partial charge in [0.05, 0.1) is 11.7 Å². The van der Waals surface area contributed by atoms with Crippen molar-refractivity contribution in [2.75, 3.05) is 0 Å². The van der Waals surface area contributed by atoms with E-state index in [9.17, 15) is 9.59 Å². The third kappa shape index (κ3) is 2.43. The van der Waals surface area contributed by atoms with Crippen LogP contribution in [-0.4, -0.2) is 27.3 Å². The number of hydrogen-bond donors (Lipinski definition) is 3. The molecule has 0 saturated carbocycles. The fourth-order valence-corrected chi connectivity index (χ4v) is 1.17. The SMILES string of the molecule is C[C@@H](O)Cc1[nH]c(=O)ccc1C(=O)O. The smallest absolute Gasteiger partial charge is 0.337 e. The molecule has 0 amide bonds. The Labute approximate surface area is 80.0 Å². The normalized spacial score (nSPS) is 12.4. The van der Waals surface area contributed by atoms with Crippen LogP contribution in [0.1, 0.15) is 23.0 Å². The highest BCUT2D eigenvalue weighted by molar-refractivity contribution is 5.88. The molecule has 0 unspecified atom stereocenters. The number of hydrogen-bond acceptors (Lipinski definition) is 3. The monoisotopic (exact) mass is 197 g/mol. The first-order valence-corrected chi connectivity index (χ1v) is 4.14. The van der Waals surface area contributed by atoms with Crippen LogP contribution in [0.4, 0.5) is 0 Å². The maximum Gasteiger partial charge on any atom is 0.337 e. The molecule has 0 radical (unpaired) electrons. The molecule has 14 heavy (non-hydrogen) atoms. The standard InChI is InChI=1S/C9H11NO4/c1-5(11)4-7-6(9(13)14)2-3-8(12)10-7/h2-3,5,11H,4H2,1H3,(H,10,12)(H,13,14)/t5-/m1/s1. The molecule has 5 heteroatoms. The quantitative estimate of drug-likeness (QED) is 0.636. The maximum atomic E-state index is 10.9. The average Bonchev–Trinajstić information content (AvgIpc) is 2.01. The predicted octanol–water partition coefficient (Wildman–Crippen LogP) is -0.00360. The molecular weight excluding hydrogens is 186 g/mol. The van der Waals surface area contributed by atoms with E-state index in [4.69, 9.17) is 10.2 Å². The Hall–Kier alpha value is -1.62. The maximum absolute atomic E-state index is 10.9. The van der Waals surface area contributed by atoms with Gasteiger partial charge in [0.2, 0.25) is 5.56 Å². The van der Waals surface area contributed by atoms with Gasteiger partial charge in [-0.05, 0) is 13.0 Å². The van der Waals surface area contributed by atoms with Gasteiger partial charge >= 0.3 is 5.97 Å². The average molecular weight is 197 g/mol. The lowest BCUT2D eigenvalue weighted by Crippen LogP contribution is -2.17. The van der Waals surface area contributed by atoms with Crippen LogP contribution in [0.15, 0.2) is 16.9 Å². The fourth-order valence-electron chi connectivity index (χ4n) is 1.17. The Balaban J connectivity index is 3.16. The molecular formula is C9H11NO4. The van der Waals surface area contributed by atoms with E-state index in [-0.39, 0.29) is 23.2 Å². The van der Waals surface area contributed by atoms with Crippen LogP contribution >= 0.6 is 0 Å². The number of carboxylic acid groups (broad SMARTS) is 1. The van der Waals surface area contributed by atoms with Crippen LogP contribution in [0.3, 0.4) is 0 Å². The van der Waals surface area contributed by atoms with Crippen molar-refractivity contribution in [2.24, 2.45) is 0 Å². The van der Waals surface area contributed by atoms with Gasteiger partial charge in [-0.1, -0.05) is 0 Å². The molecule has 0 spiro atoms. The molecule has 0 aromatic carbocycles. The van der Waals surface area contributed by atoms with E-state index in [0.717, 1.165) is 6.07 Å². The van der Waals surface area contributed by atoms with Crippen LogP contribution < -0.4 is 5.56 Å². The minimum atomic E-state index is -1.11. The summed E-state index contributed by atoms with van der Waals surface area (Å²) in [6.45, 7) is 1.52. The van der Waals surface area contributed by atoms with Crippen molar-refractivity contribution in [2.45, 2.75) is 19.4 Å². The summed E-state index contributed by atoms with van der Waals surface area (Å²) >= 11 is 0. The molecule has 0 saturated heterocycles. The van der Waals surface area contributed by atoms with Gasteiger partial charge in [0, 0.05) is 18.2 Å². The second-order valence-corrected chi connectivity index (χ2v) is 3.07. The van der Waals surface area contributed by atoms with Gasteiger partial charge in [0.25, 0.3) is 0 Å². The fraction of sp³-hybridized carbons (Fsp3) is 0.333. The number of aromatic nitrogens is 1. The van der Waals surface area contributed by atoms with E-state index in [1.807, 2.05) is 0 Å². The molecule has 1 atom stereocenters. The Morgan fingerprint density at radius 2 is 2.21 bits per heavy atom. The summed E-state index contributed by atoms with van der Waals surface area (Å²) in [5.41, 5.74) is -0.101. The molecule has 1 aromatic rings. The number of aromatic carboxylic acids is 1. The first-order valence-electron chi connectivity index (χ1n) is 4.14. The van der Waals surface area contributed by atoms with Gasteiger partial charge in [-0.15, -0.1) is 0 Å². The number of aliphatic hydroxyl groups excluding tert-OH is 1. The number of carbonyl (C=O) groups is 1. The summed E-state index contributed by atoms with van der Waals surface area (Å²) in [6, 6.07) is 2.38. The number of aromatic amines is 1. The summed E-state index contributed by atoms with van der Waals surface area (Å²) in [5, 5.41) is 17.9. The van der Waals surface area contributed by atoms with E-state index in [1.165, 1.54) is 13.0 Å². The molecule has 5 nitrogen and oxygen atoms in total. The van der Waals surface area contributed by atoms with Crippen molar-refractivity contribution in [3.8, 4) is 0 Å². The topological polar surface area (TPSA) is 90.4 Å². The Bertz CT molecular complexity index is 394. The third-order valence-corrected chi connectivity index (χ3v) is 1.73. The molecule has 0 bridgehead atoms. The molecule has 3 N–H and O–H groups in total. The van der Waals surface area contributed by atoms with Gasteiger partial charge in [0.15, 0.2) is 0 Å². The summed E-state index contributed by atoms with van der Waals surface area (Å²) < 4.78 is 0. The zero-order valence-electron chi connectivity index (χ0n) is 7.65. The zero-order chi connectivity index (χ0) is 10.7. The number of carboxylic acids is 1. The lowest BCUT2D eigenvalue weighted by atomic mass is 10.1. The third-order valence-electron chi connectivity index (χ3n) is 1.73. The van der Waals surface area contributed by atoms with Crippen molar-refractivity contribution in [1.29, 1.82) is 0 Å². The number of rotatable bonds is 3. The molecule has 1 aromatic heterocycles. The first-order chi connectivity index (χ1) is 6.50. The first kappa shape index (κ1) is 10.5.